The van der Waals surface area contributed by atoms with E-state index < -0.39 is 6.61 Å². The molecule has 0 bridgehead atoms. The molecule has 1 fully saturated rings. The van der Waals surface area contributed by atoms with Gasteiger partial charge in [0.2, 0.25) is 5.91 Å². The predicted molar refractivity (Wildman–Crippen MR) is 63.6 cm³/mol. The molecule has 0 aromatic heterocycles. The van der Waals surface area contributed by atoms with E-state index in [9.17, 15) is 4.79 Å². The maximum atomic E-state index is 11.0. The summed E-state index contributed by atoms with van der Waals surface area (Å²) < 4.78 is 5.71. The van der Waals surface area contributed by atoms with Crippen LogP contribution in [0.15, 0.2) is 24.3 Å². The number of para-hydroxylation sites is 1. The quantitative estimate of drug-likeness (QED) is 0.775. The number of aliphatic hydroxyl groups excluding tert-OH is 1. The second-order valence-electron chi connectivity index (χ2n) is 4.30. The molecule has 0 atom stereocenters. The van der Waals surface area contributed by atoms with Crippen LogP contribution in [0, 0.1) is 5.92 Å². The number of carbonyl (C=O) groups is 1. The van der Waals surface area contributed by atoms with E-state index >= 15 is 0 Å². The zero-order chi connectivity index (χ0) is 12.1. The third-order valence-corrected chi connectivity index (χ3v) is 2.76. The van der Waals surface area contributed by atoms with Crippen molar-refractivity contribution in [1.29, 1.82) is 0 Å². The van der Waals surface area contributed by atoms with Crippen LogP contribution >= 0.6 is 0 Å². The van der Waals surface area contributed by atoms with Crippen molar-refractivity contribution in [2.75, 3.05) is 13.2 Å². The molecule has 0 spiro atoms. The van der Waals surface area contributed by atoms with E-state index in [0.29, 0.717) is 12.5 Å². The zero-order valence-electron chi connectivity index (χ0n) is 9.69. The van der Waals surface area contributed by atoms with Gasteiger partial charge in [-0.2, -0.15) is 0 Å². The van der Waals surface area contributed by atoms with Gasteiger partial charge in [-0.15, -0.1) is 0 Å². The van der Waals surface area contributed by atoms with E-state index in [1.54, 1.807) is 0 Å². The van der Waals surface area contributed by atoms with Crippen LogP contribution in [-0.4, -0.2) is 24.2 Å². The third kappa shape index (κ3) is 3.75. The highest BCUT2D eigenvalue weighted by molar-refractivity contribution is 5.76. The third-order valence-electron chi connectivity index (χ3n) is 2.76. The van der Waals surface area contributed by atoms with Gasteiger partial charge >= 0.3 is 0 Å². The Hall–Kier alpha value is -1.55. The Balaban J connectivity index is 1.91. The van der Waals surface area contributed by atoms with Gasteiger partial charge in [-0.05, 0) is 24.8 Å². The van der Waals surface area contributed by atoms with Crippen molar-refractivity contribution >= 4 is 5.91 Å². The molecule has 1 aliphatic rings. The highest BCUT2D eigenvalue weighted by Crippen LogP contribution is 2.30. The van der Waals surface area contributed by atoms with E-state index in [1.165, 1.54) is 12.8 Å². The van der Waals surface area contributed by atoms with Crippen molar-refractivity contribution in [3.8, 4) is 5.75 Å². The number of benzene rings is 1. The lowest BCUT2D eigenvalue weighted by Crippen LogP contribution is -2.25. The van der Waals surface area contributed by atoms with E-state index in [4.69, 9.17) is 9.84 Å². The Labute approximate surface area is 101 Å². The molecule has 4 nitrogen and oxygen atoms in total. The minimum atomic E-state index is -0.481. The smallest absolute Gasteiger partial charge is 0.245 e. The van der Waals surface area contributed by atoms with Crippen molar-refractivity contribution in [2.45, 2.75) is 19.4 Å². The summed E-state index contributed by atoms with van der Waals surface area (Å²) in [5.41, 5.74) is 0.940. The fraction of sp³-hybridized carbons (Fsp3) is 0.462. The van der Waals surface area contributed by atoms with Gasteiger partial charge in [0.05, 0.1) is 6.61 Å². The minimum absolute atomic E-state index is 0.373. The summed E-state index contributed by atoms with van der Waals surface area (Å²) in [4.78, 5) is 11.0. The van der Waals surface area contributed by atoms with Gasteiger partial charge in [-0.25, -0.2) is 0 Å². The van der Waals surface area contributed by atoms with Crippen molar-refractivity contribution in [3.05, 3.63) is 29.8 Å². The fourth-order valence-electron chi connectivity index (χ4n) is 1.53. The SMILES string of the molecule is O=C(CO)NCc1ccccc1OCC1CC1. The number of carbonyl (C=O) groups excluding carboxylic acids is 1. The number of ether oxygens (including phenoxy) is 1. The molecule has 17 heavy (non-hydrogen) atoms. The molecule has 0 radical (unpaired) electrons. The van der Waals surface area contributed by atoms with Crippen molar-refractivity contribution in [2.24, 2.45) is 5.92 Å². The van der Waals surface area contributed by atoms with E-state index in [1.807, 2.05) is 24.3 Å². The van der Waals surface area contributed by atoms with Gasteiger partial charge in [0.15, 0.2) is 0 Å². The molecule has 0 aliphatic heterocycles. The van der Waals surface area contributed by atoms with Crippen LogP contribution in [0.4, 0.5) is 0 Å². The number of aliphatic hydroxyl groups is 1. The van der Waals surface area contributed by atoms with Crippen LogP contribution in [-0.2, 0) is 11.3 Å². The van der Waals surface area contributed by atoms with Crippen LogP contribution in [0.3, 0.4) is 0 Å². The Morgan fingerprint density at radius 3 is 2.88 bits per heavy atom. The molecule has 1 aliphatic carbocycles. The van der Waals surface area contributed by atoms with Gasteiger partial charge in [-0.1, -0.05) is 18.2 Å². The number of hydrogen-bond acceptors (Lipinski definition) is 3. The molecule has 1 saturated carbocycles. The maximum absolute atomic E-state index is 11.0. The largest absolute Gasteiger partial charge is 0.493 e. The standard InChI is InChI=1S/C13H17NO3/c15-8-13(16)14-7-11-3-1-2-4-12(11)17-9-10-5-6-10/h1-4,10,15H,5-9H2,(H,14,16). The molecule has 0 unspecified atom stereocenters. The lowest BCUT2D eigenvalue weighted by molar-refractivity contribution is -0.123. The van der Waals surface area contributed by atoms with Crippen LogP contribution in [0.2, 0.25) is 0 Å². The lowest BCUT2D eigenvalue weighted by atomic mass is 10.2. The first-order chi connectivity index (χ1) is 8.29. The minimum Gasteiger partial charge on any atom is -0.493 e. The Kier molecular flexibility index (Phi) is 3.98. The Morgan fingerprint density at radius 1 is 1.41 bits per heavy atom. The summed E-state index contributed by atoms with van der Waals surface area (Å²) in [6, 6.07) is 7.65. The van der Waals surface area contributed by atoms with Gasteiger partial charge < -0.3 is 15.2 Å². The summed E-state index contributed by atoms with van der Waals surface area (Å²) in [6.07, 6.45) is 2.51. The summed E-state index contributed by atoms with van der Waals surface area (Å²) in [5.74, 6) is 1.15. The summed E-state index contributed by atoms with van der Waals surface area (Å²) in [7, 11) is 0. The van der Waals surface area contributed by atoms with Gasteiger partial charge in [0, 0.05) is 12.1 Å². The van der Waals surface area contributed by atoms with Crippen molar-refractivity contribution in [1.82, 2.24) is 5.32 Å². The Morgan fingerprint density at radius 2 is 2.18 bits per heavy atom. The number of hydrogen-bond donors (Lipinski definition) is 2. The first-order valence-electron chi connectivity index (χ1n) is 5.88. The summed E-state index contributed by atoms with van der Waals surface area (Å²) in [6.45, 7) is 0.663. The molecule has 1 aromatic carbocycles. The highest BCUT2D eigenvalue weighted by atomic mass is 16.5. The summed E-state index contributed by atoms with van der Waals surface area (Å²) >= 11 is 0. The average molecular weight is 235 g/mol. The predicted octanol–water partition coefficient (Wildman–Crippen LogP) is 1.08. The second kappa shape index (κ2) is 5.68. The van der Waals surface area contributed by atoms with E-state index in [-0.39, 0.29) is 5.91 Å². The van der Waals surface area contributed by atoms with Crippen LogP contribution in [0.1, 0.15) is 18.4 Å². The van der Waals surface area contributed by atoms with Gasteiger partial charge in [0.1, 0.15) is 12.4 Å². The molecule has 0 saturated heterocycles. The Bertz CT molecular complexity index is 388. The topological polar surface area (TPSA) is 58.6 Å². The zero-order valence-corrected chi connectivity index (χ0v) is 9.69. The maximum Gasteiger partial charge on any atom is 0.245 e. The number of rotatable bonds is 6. The molecule has 0 heterocycles. The lowest BCUT2D eigenvalue weighted by Gasteiger charge is -2.11. The van der Waals surface area contributed by atoms with Crippen LogP contribution in [0.5, 0.6) is 5.75 Å². The van der Waals surface area contributed by atoms with Gasteiger partial charge in [-0.3, -0.25) is 4.79 Å². The number of nitrogens with one attached hydrogen (secondary N) is 1. The fourth-order valence-corrected chi connectivity index (χ4v) is 1.53. The molecule has 2 rings (SSSR count). The van der Waals surface area contributed by atoms with E-state index in [2.05, 4.69) is 5.32 Å². The molecule has 1 amide bonds. The second-order valence-corrected chi connectivity index (χ2v) is 4.30. The van der Waals surface area contributed by atoms with Gasteiger partial charge in [0.25, 0.3) is 0 Å². The molecule has 2 N–H and O–H groups in total. The summed E-state index contributed by atoms with van der Waals surface area (Å²) in [5, 5.41) is 11.2. The first-order valence-corrected chi connectivity index (χ1v) is 5.88. The molecular weight excluding hydrogens is 218 g/mol. The first kappa shape index (κ1) is 11.9. The highest BCUT2D eigenvalue weighted by Gasteiger charge is 2.22. The van der Waals surface area contributed by atoms with E-state index in [0.717, 1.165) is 17.9 Å². The number of amides is 1. The molecule has 1 aromatic rings. The monoisotopic (exact) mass is 235 g/mol. The van der Waals surface area contributed by atoms with Crippen molar-refractivity contribution < 1.29 is 14.6 Å². The van der Waals surface area contributed by atoms with Crippen LogP contribution < -0.4 is 10.1 Å². The van der Waals surface area contributed by atoms with Crippen LogP contribution in [0.25, 0.3) is 0 Å². The molecule has 92 valence electrons. The van der Waals surface area contributed by atoms with Crippen molar-refractivity contribution in [3.63, 3.8) is 0 Å². The normalized spacial score (nSPS) is 14.4. The molecule has 4 heteroatoms. The average Bonchev–Trinajstić information content (AvgIpc) is 3.18. The molecular formula is C13H17NO3.